The lowest BCUT2D eigenvalue weighted by molar-refractivity contribution is -0.155. The lowest BCUT2D eigenvalue weighted by atomic mass is 9.75. The van der Waals surface area contributed by atoms with Crippen LogP contribution < -0.4 is 14.8 Å². The molecule has 2 fully saturated rings. The number of halogens is 1. The average molecular weight is 559 g/mol. The van der Waals surface area contributed by atoms with Gasteiger partial charge in [0.25, 0.3) is 5.91 Å². The topological polar surface area (TPSA) is 113 Å². The number of nitrogens with one attached hydrogen (secondary N) is 1. The van der Waals surface area contributed by atoms with Crippen LogP contribution in [0.15, 0.2) is 36.5 Å². The highest BCUT2D eigenvalue weighted by molar-refractivity contribution is 6.30. The van der Waals surface area contributed by atoms with Crippen LogP contribution in [0.1, 0.15) is 55.6 Å². The molecule has 2 aromatic rings. The molecule has 39 heavy (non-hydrogen) atoms. The number of carbonyl (C=O) groups is 3. The van der Waals surface area contributed by atoms with E-state index in [0.29, 0.717) is 17.5 Å². The zero-order chi connectivity index (χ0) is 27.9. The molecule has 10 heteroatoms. The van der Waals surface area contributed by atoms with Crippen LogP contribution in [-0.4, -0.2) is 55.3 Å². The number of ether oxygens (including phenoxy) is 4. The maximum atomic E-state index is 13.3. The largest absolute Gasteiger partial charge is 0.493 e. The van der Waals surface area contributed by atoms with Crippen molar-refractivity contribution < 1.29 is 33.3 Å². The molecule has 1 aromatic heterocycles. The molecule has 1 saturated carbocycles. The molecule has 1 amide bonds. The Kier molecular flexibility index (Phi) is 9.80. The zero-order valence-corrected chi connectivity index (χ0v) is 23.2. The van der Waals surface area contributed by atoms with Crippen LogP contribution in [0.5, 0.6) is 11.5 Å². The van der Waals surface area contributed by atoms with Crippen LogP contribution in [0.4, 0.5) is 0 Å². The number of nitrogens with zero attached hydrogens (tertiary/aromatic N) is 1. The second-order valence-corrected chi connectivity index (χ2v) is 10.6. The maximum absolute atomic E-state index is 13.3. The summed E-state index contributed by atoms with van der Waals surface area (Å²) in [6.45, 7) is 3.48. The fraction of sp³-hybridized carbons (Fsp3) is 0.517. The van der Waals surface area contributed by atoms with Gasteiger partial charge in [0.15, 0.2) is 17.5 Å². The predicted octanol–water partition coefficient (Wildman–Crippen LogP) is 4.39. The van der Waals surface area contributed by atoms with Gasteiger partial charge in [0.2, 0.25) is 5.75 Å². The monoisotopic (exact) mass is 558 g/mol. The molecule has 4 atom stereocenters. The van der Waals surface area contributed by atoms with E-state index in [4.69, 9.17) is 30.5 Å². The summed E-state index contributed by atoms with van der Waals surface area (Å²) in [6, 6.07) is 8.19. The van der Waals surface area contributed by atoms with Gasteiger partial charge in [0, 0.05) is 30.1 Å². The van der Waals surface area contributed by atoms with Gasteiger partial charge in [-0.2, -0.15) is 0 Å². The van der Waals surface area contributed by atoms with Gasteiger partial charge in [-0.05, 0) is 42.9 Å². The Hall–Kier alpha value is -3.17. The third-order valence-corrected chi connectivity index (χ3v) is 7.75. The number of benzene rings is 1. The number of esters is 2. The van der Waals surface area contributed by atoms with Crippen molar-refractivity contribution >= 4 is 29.4 Å². The Bertz CT molecular complexity index is 1170. The fourth-order valence-corrected chi connectivity index (χ4v) is 5.92. The van der Waals surface area contributed by atoms with Gasteiger partial charge in [-0.15, -0.1) is 0 Å². The molecular weight excluding hydrogens is 524 g/mol. The first-order valence-corrected chi connectivity index (χ1v) is 13.7. The highest BCUT2D eigenvalue weighted by Gasteiger charge is 2.40. The average Bonchev–Trinajstić information content (AvgIpc) is 3.44. The molecule has 4 rings (SSSR count). The molecule has 1 saturated heterocycles. The summed E-state index contributed by atoms with van der Waals surface area (Å²) in [6.07, 6.45) is 6.24. The fourth-order valence-electron chi connectivity index (χ4n) is 5.79. The minimum atomic E-state index is -1.07. The molecular formula is C29H35ClN2O7. The Morgan fingerprint density at radius 2 is 1.85 bits per heavy atom. The number of aromatic nitrogens is 1. The van der Waals surface area contributed by atoms with E-state index in [1.54, 1.807) is 0 Å². The van der Waals surface area contributed by atoms with Gasteiger partial charge in [0.05, 0.1) is 20.3 Å². The van der Waals surface area contributed by atoms with E-state index in [2.05, 4.69) is 10.3 Å². The first kappa shape index (κ1) is 28.8. The van der Waals surface area contributed by atoms with E-state index < -0.39 is 23.9 Å². The Labute approximate surface area is 233 Å². The zero-order valence-electron chi connectivity index (χ0n) is 22.5. The van der Waals surface area contributed by atoms with Crippen molar-refractivity contribution in [2.45, 2.75) is 58.1 Å². The second-order valence-electron chi connectivity index (χ2n) is 10.2. The van der Waals surface area contributed by atoms with Gasteiger partial charge in [0.1, 0.15) is 6.10 Å². The van der Waals surface area contributed by atoms with Crippen molar-refractivity contribution in [2.75, 3.05) is 20.3 Å². The van der Waals surface area contributed by atoms with E-state index in [-0.39, 0.29) is 41.7 Å². The van der Waals surface area contributed by atoms with E-state index in [9.17, 15) is 14.4 Å². The van der Waals surface area contributed by atoms with Crippen molar-refractivity contribution in [3.63, 3.8) is 0 Å². The molecule has 1 N–H and O–H groups in total. The van der Waals surface area contributed by atoms with Crippen molar-refractivity contribution in [3.05, 3.63) is 52.8 Å². The van der Waals surface area contributed by atoms with Crippen molar-refractivity contribution in [2.24, 2.45) is 17.8 Å². The normalized spacial score (nSPS) is 24.2. The number of methoxy groups -OCH3 is 1. The van der Waals surface area contributed by atoms with Gasteiger partial charge in [-0.3, -0.25) is 9.59 Å². The quantitative estimate of drug-likeness (QED) is 0.498. The van der Waals surface area contributed by atoms with Crippen LogP contribution in [0, 0.1) is 17.8 Å². The third kappa shape index (κ3) is 7.28. The van der Waals surface area contributed by atoms with Crippen molar-refractivity contribution in [1.82, 2.24) is 10.3 Å². The molecule has 2 aliphatic rings. The molecule has 0 spiro atoms. The Balaban J connectivity index is 1.55. The van der Waals surface area contributed by atoms with E-state index >= 15 is 0 Å². The molecule has 0 unspecified atom stereocenters. The molecule has 1 aliphatic heterocycles. The summed E-state index contributed by atoms with van der Waals surface area (Å²) in [5.41, 5.74) is 0.954. The lowest BCUT2D eigenvalue weighted by Gasteiger charge is -2.35. The standard InChI is InChI=1S/C29H35ClN2O7/c1-17-25(20-6-4-5-7-20)21(14-19-8-10-22(30)11-9-19)15-37-16-23(29(35)38-17)32-28(34)26-27(39-18(2)33)24(36-3)12-13-31-26/h8-13,17,20-21,23,25H,4-7,14-16H2,1-3H3,(H,32,34)/t17-,21-,23-,25+/m0/s1. The van der Waals surface area contributed by atoms with Gasteiger partial charge < -0.3 is 24.3 Å². The van der Waals surface area contributed by atoms with Crippen LogP contribution in [-0.2, 0) is 25.5 Å². The molecule has 1 aliphatic carbocycles. The minimum Gasteiger partial charge on any atom is -0.493 e. The molecule has 210 valence electrons. The molecule has 0 bridgehead atoms. The number of rotatable bonds is 7. The Morgan fingerprint density at radius 1 is 1.13 bits per heavy atom. The number of cyclic esters (lactones) is 1. The highest BCUT2D eigenvalue weighted by Crippen LogP contribution is 2.40. The second kappa shape index (κ2) is 13.3. The van der Waals surface area contributed by atoms with E-state index in [0.717, 1.165) is 37.7 Å². The van der Waals surface area contributed by atoms with Crippen LogP contribution >= 0.6 is 11.6 Å². The van der Waals surface area contributed by atoms with Gasteiger partial charge in [-0.1, -0.05) is 49.4 Å². The summed E-state index contributed by atoms with van der Waals surface area (Å²) in [7, 11) is 1.39. The molecule has 1 aromatic carbocycles. The van der Waals surface area contributed by atoms with Crippen LogP contribution in [0.2, 0.25) is 5.02 Å². The maximum Gasteiger partial charge on any atom is 0.331 e. The summed E-state index contributed by atoms with van der Waals surface area (Å²) < 4.78 is 22.5. The number of hydrogen-bond acceptors (Lipinski definition) is 8. The van der Waals surface area contributed by atoms with E-state index in [1.165, 1.54) is 26.3 Å². The smallest absolute Gasteiger partial charge is 0.331 e. The number of pyridine rings is 1. The van der Waals surface area contributed by atoms with Crippen molar-refractivity contribution in [1.29, 1.82) is 0 Å². The number of amides is 1. The SMILES string of the molecule is COc1ccnc(C(=O)N[C@H]2COC[C@H](Cc3ccc(Cl)cc3)[C@@H](C3CCCC3)[C@H](C)OC2=O)c1OC(C)=O. The van der Waals surface area contributed by atoms with E-state index in [1.807, 2.05) is 31.2 Å². The summed E-state index contributed by atoms with van der Waals surface area (Å²) in [5.74, 6) is -1.25. The molecule has 9 nitrogen and oxygen atoms in total. The first-order valence-electron chi connectivity index (χ1n) is 13.3. The van der Waals surface area contributed by atoms with Gasteiger partial charge in [-0.25, -0.2) is 9.78 Å². The van der Waals surface area contributed by atoms with Gasteiger partial charge >= 0.3 is 11.9 Å². The molecule has 2 heterocycles. The third-order valence-electron chi connectivity index (χ3n) is 7.50. The lowest BCUT2D eigenvalue weighted by Crippen LogP contribution is -2.46. The first-order chi connectivity index (χ1) is 18.8. The predicted molar refractivity (Wildman–Crippen MR) is 144 cm³/mol. The molecule has 0 radical (unpaired) electrons. The highest BCUT2D eigenvalue weighted by atomic mass is 35.5. The Morgan fingerprint density at radius 3 is 2.51 bits per heavy atom. The number of carbonyl (C=O) groups excluding carboxylic acids is 3. The summed E-state index contributed by atoms with van der Waals surface area (Å²) in [4.78, 5) is 42.2. The number of hydrogen-bond donors (Lipinski definition) is 1. The van der Waals surface area contributed by atoms with Crippen LogP contribution in [0.3, 0.4) is 0 Å². The summed E-state index contributed by atoms with van der Waals surface area (Å²) >= 11 is 6.10. The van der Waals surface area contributed by atoms with Crippen LogP contribution in [0.25, 0.3) is 0 Å². The van der Waals surface area contributed by atoms with Crippen molar-refractivity contribution in [3.8, 4) is 11.5 Å². The summed E-state index contributed by atoms with van der Waals surface area (Å²) in [5, 5.41) is 3.34. The minimum absolute atomic E-state index is 0.0708.